The number of halogens is 3. The molecule has 1 amide bonds. The maximum absolute atomic E-state index is 15.0. The summed E-state index contributed by atoms with van der Waals surface area (Å²) in [4.78, 5) is 53.1. The van der Waals surface area contributed by atoms with Crippen LogP contribution in [-0.2, 0) is 14.8 Å². The van der Waals surface area contributed by atoms with Crippen LogP contribution in [0, 0.1) is 21.4 Å². The number of aromatic nitrogens is 2. The quantitative estimate of drug-likeness (QED) is 0.0570. The first kappa shape index (κ1) is 51.1. The number of amides is 1. The summed E-state index contributed by atoms with van der Waals surface area (Å²) in [7, 11) is -4.72. The summed E-state index contributed by atoms with van der Waals surface area (Å²) in [5.74, 6) is -5.02. The van der Waals surface area contributed by atoms with Crippen molar-refractivity contribution in [2.24, 2.45) is 11.3 Å². The number of hydrogen-bond donors (Lipinski definition) is 4. The molecule has 0 radical (unpaired) electrons. The number of piperazine rings is 1. The summed E-state index contributed by atoms with van der Waals surface area (Å²) < 4.78 is 66.5. The number of benzene rings is 3. The molecule has 3 fully saturated rings. The minimum absolute atomic E-state index is 0.0173. The molecule has 0 spiro atoms. The van der Waals surface area contributed by atoms with Crippen LogP contribution in [0.1, 0.15) is 81.1 Å². The first-order valence-corrected chi connectivity index (χ1v) is 27.1. The van der Waals surface area contributed by atoms with E-state index in [9.17, 15) is 33.2 Å². The van der Waals surface area contributed by atoms with Gasteiger partial charge in [0.15, 0.2) is 0 Å². The topological polar surface area (TPSA) is 207 Å². The van der Waals surface area contributed by atoms with Crippen LogP contribution in [-0.4, -0.2) is 127 Å². The van der Waals surface area contributed by atoms with E-state index in [2.05, 4.69) is 50.8 Å². The van der Waals surface area contributed by atoms with Gasteiger partial charge in [0.1, 0.15) is 17.0 Å². The number of allylic oxidation sites excluding steroid dienone is 1. The lowest BCUT2D eigenvalue weighted by Gasteiger charge is -2.39. The van der Waals surface area contributed by atoms with Crippen LogP contribution in [0.5, 0.6) is 5.88 Å². The minimum atomic E-state index is -4.72. The number of alkyl halides is 2. The number of carboxylic acid groups (broad SMARTS) is 1. The highest BCUT2D eigenvalue weighted by molar-refractivity contribution is 7.90. The number of hydrogen-bond acceptors (Lipinski definition) is 13. The standard InChI is InChI=1S/C53H60ClF2N9O8S/c1-52(2)14-12-36(42(31-52)34-4-6-37(54)7-5-34)32-61-19-21-62(22-20-61)38-8-10-41(44(28-38)64-17-3-23-73-51-46(64)27-35-13-15-58-49(35)59-51)50(68)60-74(71,72)40-9-11-43(45(29-40)65(69)70)57-16-18-63-39-24-33(26-48(66)67)25-47(63)53(55,56)30-39/h4-11,13,15,27-29,33,39,47,57H,3,12,14,16-26,30-32H2,1-2H3,(H,58,59)(H,60,68)(H,66,67)/t33-,39?,47?/m1/s1. The Kier molecular flexibility index (Phi) is 14.1. The SMILES string of the molecule is CC1(C)CCC(CN2CCN(c3ccc(C(=O)NS(=O)(=O)c4ccc(NCCN5C6C[C@@H](CC(=O)O)CC5C(F)(F)C6)c([N+](=O)[O-])c4)c(N4CCCOc5nc6[nH]ccc6cc54)c3)CC2)=C(c2ccc(Cl)cc2)C1. The van der Waals surface area contributed by atoms with Crippen LogP contribution in [0.2, 0.25) is 5.02 Å². The van der Waals surface area contributed by atoms with E-state index >= 15 is 8.78 Å². The molecule has 6 heterocycles. The molecule has 392 valence electrons. The second kappa shape index (κ2) is 20.4. The highest BCUT2D eigenvalue weighted by Crippen LogP contribution is 2.49. The Labute approximate surface area is 433 Å². The van der Waals surface area contributed by atoms with Crippen LogP contribution in [0.3, 0.4) is 0 Å². The largest absolute Gasteiger partial charge is 0.481 e. The molecule has 1 aliphatic carbocycles. The molecular formula is C53H60ClF2N9O8S. The molecule has 17 nitrogen and oxygen atoms in total. The molecule has 4 N–H and O–H groups in total. The zero-order valence-corrected chi connectivity index (χ0v) is 42.9. The Morgan fingerprint density at radius 3 is 2.53 bits per heavy atom. The summed E-state index contributed by atoms with van der Waals surface area (Å²) in [6, 6.07) is 18.8. The van der Waals surface area contributed by atoms with Gasteiger partial charge in [-0.2, -0.15) is 4.98 Å². The van der Waals surface area contributed by atoms with E-state index < -0.39 is 61.8 Å². The Bertz CT molecular complexity index is 3130. The number of anilines is 4. The van der Waals surface area contributed by atoms with E-state index in [0.29, 0.717) is 67.0 Å². The van der Waals surface area contributed by atoms with Crippen molar-refractivity contribution < 1.29 is 41.6 Å². The molecule has 3 atom stereocenters. The Balaban J connectivity index is 0.881. The van der Waals surface area contributed by atoms with Crippen molar-refractivity contribution in [2.75, 3.05) is 74.1 Å². The molecule has 5 aliphatic rings. The molecule has 2 unspecified atom stereocenters. The molecule has 21 heteroatoms. The van der Waals surface area contributed by atoms with Crippen molar-refractivity contribution in [1.82, 2.24) is 24.5 Å². The van der Waals surface area contributed by atoms with E-state index in [1.807, 2.05) is 41.3 Å². The second-order valence-electron chi connectivity index (χ2n) is 21.1. The Morgan fingerprint density at radius 2 is 1.78 bits per heavy atom. The van der Waals surface area contributed by atoms with Crippen LogP contribution in [0.25, 0.3) is 16.6 Å². The molecule has 0 saturated carbocycles. The zero-order chi connectivity index (χ0) is 52.1. The van der Waals surface area contributed by atoms with Gasteiger partial charge in [-0.3, -0.25) is 29.5 Å². The molecule has 5 aromatic rings. The van der Waals surface area contributed by atoms with Crippen molar-refractivity contribution in [3.63, 3.8) is 0 Å². The molecule has 2 bridgehead atoms. The van der Waals surface area contributed by atoms with Gasteiger partial charge in [0.05, 0.1) is 33.7 Å². The fraction of sp³-hybridized carbons (Fsp3) is 0.453. The Morgan fingerprint density at radius 1 is 1.00 bits per heavy atom. The van der Waals surface area contributed by atoms with Crippen LogP contribution < -0.4 is 24.6 Å². The van der Waals surface area contributed by atoms with E-state index in [-0.39, 0.29) is 48.5 Å². The number of piperidine rings is 1. The number of carbonyl (C=O) groups is 2. The summed E-state index contributed by atoms with van der Waals surface area (Å²) in [5, 5.41) is 26.1. The summed E-state index contributed by atoms with van der Waals surface area (Å²) in [6.45, 7) is 9.36. The number of nitro benzene ring substituents is 1. The van der Waals surface area contributed by atoms with E-state index in [1.54, 1.807) is 17.2 Å². The third-order valence-electron chi connectivity index (χ3n) is 15.5. The zero-order valence-electron chi connectivity index (χ0n) is 41.3. The molecule has 74 heavy (non-hydrogen) atoms. The number of carbonyl (C=O) groups excluding carboxylic acids is 1. The van der Waals surface area contributed by atoms with Gasteiger partial charge in [-0.15, -0.1) is 0 Å². The van der Waals surface area contributed by atoms with Gasteiger partial charge < -0.3 is 29.9 Å². The van der Waals surface area contributed by atoms with Crippen molar-refractivity contribution in [3.05, 3.63) is 111 Å². The lowest BCUT2D eigenvalue weighted by Crippen LogP contribution is -2.48. The maximum Gasteiger partial charge on any atom is 0.303 e. The summed E-state index contributed by atoms with van der Waals surface area (Å²) in [6.07, 6.45) is 5.20. The van der Waals surface area contributed by atoms with E-state index in [4.69, 9.17) is 21.3 Å². The number of carboxylic acids is 1. The van der Waals surface area contributed by atoms with Gasteiger partial charge in [-0.05, 0) is 116 Å². The number of ether oxygens (including phenoxy) is 1. The van der Waals surface area contributed by atoms with E-state index in [0.717, 1.165) is 62.1 Å². The number of nitrogens with zero attached hydrogens (tertiary/aromatic N) is 6. The molecule has 10 rings (SSSR count). The third-order valence-corrected chi connectivity index (χ3v) is 17.0. The average Bonchev–Trinajstić information content (AvgIpc) is 3.79. The molecular weight excluding hydrogens is 996 g/mol. The van der Waals surface area contributed by atoms with Crippen molar-refractivity contribution >= 4 is 78.5 Å². The number of rotatable bonds is 15. The fourth-order valence-electron chi connectivity index (χ4n) is 11.7. The number of fused-ring (bicyclic) bond motifs is 4. The van der Waals surface area contributed by atoms with Gasteiger partial charge in [0, 0.05) is 99.6 Å². The normalized spacial score (nSPS) is 22.0. The number of nitrogens with one attached hydrogen (secondary N) is 3. The minimum Gasteiger partial charge on any atom is -0.481 e. The highest BCUT2D eigenvalue weighted by Gasteiger charge is 2.57. The first-order valence-electron chi connectivity index (χ1n) is 25.2. The van der Waals surface area contributed by atoms with E-state index in [1.165, 1.54) is 22.8 Å². The van der Waals surface area contributed by atoms with Crippen LogP contribution in [0.4, 0.5) is 37.2 Å². The maximum atomic E-state index is 15.0. The van der Waals surface area contributed by atoms with Crippen molar-refractivity contribution in [3.8, 4) is 5.88 Å². The summed E-state index contributed by atoms with van der Waals surface area (Å²) in [5.41, 5.74) is 6.13. The first-order chi connectivity index (χ1) is 35.3. The number of aliphatic carboxylic acids is 1. The van der Waals surface area contributed by atoms with Gasteiger partial charge >= 0.3 is 5.97 Å². The molecule has 3 aromatic carbocycles. The van der Waals surface area contributed by atoms with Gasteiger partial charge in [-0.25, -0.2) is 21.9 Å². The predicted molar refractivity (Wildman–Crippen MR) is 279 cm³/mol. The molecule has 4 aliphatic heterocycles. The van der Waals surface area contributed by atoms with Gasteiger partial charge in [-0.1, -0.05) is 43.2 Å². The van der Waals surface area contributed by atoms with Gasteiger partial charge in [0.25, 0.3) is 27.5 Å². The van der Waals surface area contributed by atoms with Gasteiger partial charge in [0.2, 0.25) is 5.88 Å². The fourth-order valence-corrected chi connectivity index (χ4v) is 12.8. The smallest absolute Gasteiger partial charge is 0.303 e. The van der Waals surface area contributed by atoms with Crippen LogP contribution >= 0.6 is 11.6 Å². The van der Waals surface area contributed by atoms with Crippen molar-refractivity contribution in [1.29, 1.82) is 0 Å². The Hall–Kier alpha value is -6.35. The number of nitro groups is 1. The lowest BCUT2D eigenvalue weighted by molar-refractivity contribution is -0.384. The number of pyridine rings is 1. The lowest BCUT2D eigenvalue weighted by atomic mass is 9.72. The highest BCUT2D eigenvalue weighted by atomic mass is 35.5. The number of aromatic amines is 1. The predicted octanol–water partition coefficient (Wildman–Crippen LogP) is 9.32. The van der Waals surface area contributed by atoms with Crippen molar-refractivity contribution in [2.45, 2.75) is 88.1 Å². The summed E-state index contributed by atoms with van der Waals surface area (Å²) >= 11 is 6.27. The van der Waals surface area contributed by atoms with Crippen LogP contribution in [0.15, 0.2) is 89.5 Å². The second-order valence-corrected chi connectivity index (χ2v) is 23.2. The molecule has 2 aromatic heterocycles. The average molecular weight is 1060 g/mol. The number of sulfonamides is 1. The molecule has 3 saturated heterocycles. The number of H-pyrrole nitrogens is 1. The third kappa shape index (κ3) is 10.8. The monoisotopic (exact) mass is 1060 g/mol.